The first-order valence-corrected chi connectivity index (χ1v) is 12.6. The number of hydrogen-bond donors (Lipinski definition) is 2. The predicted molar refractivity (Wildman–Crippen MR) is 131 cm³/mol. The van der Waals surface area contributed by atoms with Crippen molar-refractivity contribution in [2.24, 2.45) is 17.8 Å². The molecule has 3 fully saturated rings. The number of hydrogen-bond acceptors (Lipinski definition) is 5. The maximum atomic E-state index is 14.3. The fraction of sp³-hybridized carbons (Fsp3) is 0.481. The summed E-state index contributed by atoms with van der Waals surface area (Å²) in [6, 6.07) is 11.9. The molecule has 3 heterocycles. The second-order valence-electron chi connectivity index (χ2n) is 10.2. The van der Waals surface area contributed by atoms with Gasteiger partial charge in [-0.05, 0) is 42.4 Å². The van der Waals surface area contributed by atoms with Crippen molar-refractivity contribution in [2.45, 2.75) is 18.9 Å². The Morgan fingerprint density at radius 3 is 2.33 bits per heavy atom. The van der Waals surface area contributed by atoms with E-state index in [1.165, 1.54) is 0 Å². The summed E-state index contributed by atoms with van der Waals surface area (Å²) in [6.45, 7) is 4.49. The number of amides is 2. The molecule has 0 aromatic heterocycles. The second kappa shape index (κ2) is 10.5. The van der Waals surface area contributed by atoms with Gasteiger partial charge in [0, 0.05) is 45.0 Å². The number of benzene rings is 2. The van der Waals surface area contributed by atoms with Crippen LogP contribution in [0, 0.1) is 29.4 Å². The van der Waals surface area contributed by atoms with Gasteiger partial charge in [-0.25, -0.2) is 8.78 Å². The lowest BCUT2D eigenvalue weighted by molar-refractivity contribution is -0.125. The topological polar surface area (TPSA) is 87.9 Å². The zero-order valence-electron chi connectivity index (χ0n) is 20.2. The van der Waals surface area contributed by atoms with Crippen molar-refractivity contribution in [2.75, 3.05) is 51.7 Å². The van der Waals surface area contributed by atoms with Gasteiger partial charge in [0.25, 0.3) is 5.91 Å². The number of nitrogens with zero attached hydrogens (tertiary/aromatic N) is 2. The summed E-state index contributed by atoms with van der Waals surface area (Å²) in [6.07, 6.45) is 1.52. The van der Waals surface area contributed by atoms with Crippen LogP contribution in [0.2, 0.25) is 0 Å². The molecule has 3 aliphatic rings. The number of anilines is 1. The first-order valence-electron chi connectivity index (χ1n) is 12.6. The standard InChI is InChI=1S/C27H32F2N4O3/c28-22-10-21(30)11-23(29)25(22)27(35)33-14-19-12-32(13-20(19)15-33)8-6-24(17-4-2-1-3-5-17)31-26(34)18-7-9-36-16-18/h1-5,10-11,18-20,24H,6-9,12-16,30H2,(H,31,34)/t18?,19-,20?,24?/m0/s1. The number of halogens is 2. The highest BCUT2D eigenvalue weighted by Gasteiger charge is 2.42. The molecule has 3 N–H and O–H groups in total. The Balaban J connectivity index is 1.17. The van der Waals surface area contributed by atoms with Crippen molar-refractivity contribution in [3.05, 3.63) is 65.2 Å². The maximum Gasteiger partial charge on any atom is 0.259 e. The van der Waals surface area contributed by atoms with Crippen molar-refractivity contribution >= 4 is 17.5 Å². The Morgan fingerprint density at radius 1 is 1.06 bits per heavy atom. The van der Waals surface area contributed by atoms with Crippen LogP contribution < -0.4 is 11.1 Å². The normalized spacial score (nSPS) is 24.6. The molecule has 36 heavy (non-hydrogen) atoms. The van der Waals surface area contributed by atoms with E-state index in [2.05, 4.69) is 10.2 Å². The van der Waals surface area contributed by atoms with Crippen molar-refractivity contribution in [1.29, 1.82) is 0 Å². The van der Waals surface area contributed by atoms with Crippen LogP contribution in [0.25, 0.3) is 0 Å². The lowest BCUT2D eigenvalue weighted by atomic mass is 10.0. The smallest absolute Gasteiger partial charge is 0.259 e. The van der Waals surface area contributed by atoms with Crippen molar-refractivity contribution < 1.29 is 23.1 Å². The molecular weight excluding hydrogens is 466 g/mol. The van der Waals surface area contributed by atoms with E-state index in [0.29, 0.717) is 26.3 Å². The SMILES string of the molecule is Nc1cc(F)c(C(=O)N2CC3CN(CCC(NC(=O)C4CCOC4)c4ccccc4)C[C@H]3C2)c(F)c1. The molecule has 2 amide bonds. The van der Waals surface area contributed by atoms with E-state index < -0.39 is 23.1 Å². The fourth-order valence-electron chi connectivity index (χ4n) is 5.74. The zero-order chi connectivity index (χ0) is 25.2. The highest BCUT2D eigenvalue weighted by atomic mass is 19.1. The molecule has 5 rings (SSSR count). The van der Waals surface area contributed by atoms with E-state index >= 15 is 0 Å². The minimum atomic E-state index is -0.922. The van der Waals surface area contributed by atoms with Crippen LogP contribution in [-0.2, 0) is 9.53 Å². The summed E-state index contributed by atoms with van der Waals surface area (Å²) >= 11 is 0. The molecule has 3 unspecified atom stereocenters. The molecule has 0 radical (unpaired) electrons. The third kappa shape index (κ3) is 5.22. The quantitative estimate of drug-likeness (QED) is 0.574. The minimum absolute atomic E-state index is 0.0379. The monoisotopic (exact) mass is 498 g/mol. The molecule has 192 valence electrons. The van der Waals surface area contributed by atoms with Crippen LogP contribution in [0.5, 0.6) is 0 Å². The average Bonchev–Trinajstić information content (AvgIpc) is 3.58. The van der Waals surface area contributed by atoms with E-state index in [0.717, 1.165) is 50.2 Å². The molecule has 9 heteroatoms. The van der Waals surface area contributed by atoms with Crippen molar-refractivity contribution in [3.63, 3.8) is 0 Å². The molecule has 0 saturated carbocycles. The minimum Gasteiger partial charge on any atom is -0.399 e. The fourth-order valence-corrected chi connectivity index (χ4v) is 5.74. The van der Waals surface area contributed by atoms with Gasteiger partial charge in [-0.3, -0.25) is 9.59 Å². The van der Waals surface area contributed by atoms with Crippen molar-refractivity contribution in [3.8, 4) is 0 Å². The first kappa shape index (κ1) is 24.6. The third-order valence-electron chi connectivity index (χ3n) is 7.68. The Hall–Kier alpha value is -3.04. The largest absolute Gasteiger partial charge is 0.399 e. The molecule has 3 aliphatic heterocycles. The second-order valence-corrected chi connectivity index (χ2v) is 10.2. The summed E-state index contributed by atoms with van der Waals surface area (Å²) in [5.41, 5.74) is 5.98. The number of carbonyl (C=O) groups excluding carboxylic acids is 2. The number of fused-ring (bicyclic) bond motifs is 1. The highest BCUT2D eigenvalue weighted by Crippen LogP contribution is 2.33. The number of nitrogens with two attached hydrogens (primary N) is 1. The summed E-state index contributed by atoms with van der Waals surface area (Å²) in [5, 5.41) is 3.23. The molecule has 0 bridgehead atoms. The Labute approximate surface area is 209 Å². The molecule has 0 aliphatic carbocycles. The van der Waals surface area contributed by atoms with Crippen LogP contribution in [-0.4, -0.2) is 67.6 Å². The van der Waals surface area contributed by atoms with E-state index in [-0.39, 0.29) is 35.4 Å². The number of nitrogen functional groups attached to an aromatic ring is 1. The summed E-state index contributed by atoms with van der Waals surface area (Å²) in [5.74, 6) is -2.00. The zero-order valence-corrected chi connectivity index (χ0v) is 20.2. The molecular formula is C27H32F2N4O3. The molecule has 0 spiro atoms. The van der Waals surface area contributed by atoms with Gasteiger partial charge in [0.15, 0.2) is 0 Å². The number of nitrogens with one attached hydrogen (secondary N) is 1. The first-order chi connectivity index (χ1) is 17.4. The number of likely N-dealkylation sites (tertiary alicyclic amines) is 2. The summed E-state index contributed by atoms with van der Waals surface area (Å²) < 4.78 is 33.9. The van der Waals surface area contributed by atoms with Crippen molar-refractivity contribution in [1.82, 2.24) is 15.1 Å². The van der Waals surface area contributed by atoms with Gasteiger partial charge in [-0.1, -0.05) is 30.3 Å². The van der Waals surface area contributed by atoms with Crippen LogP contribution in [0.1, 0.15) is 34.8 Å². The van der Waals surface area contributed by atoms with Gasteiger partial charge in [-0.15, -0.1) is 0 Å². The van der Waals surface area contributed by atoms with Gasteiger partial charge in [0.05, 0.1) is 18.6 Å². The van der Waals surface area contributed by atoms with Gasteiger partial charge >= 0.3 is 0 Å². The van der Waals surface area contributed by atoms with E-state index in [9.17, 15) is 18.4 Å². The molecule has 2 aromatic carbocycles. The predicted octanol–water partition coefficient (Wildman–Crippen LogP) is 2.83. The number of rotatable bonds is 7. The van der Waals surface area contributed by atoms with Crippen LogP contribution >= 0.6 is 0 Å². The number of carbonyl (C=O) groups is 2. The maximum absolute atomic E-state index is 14.3. The number of ether oxygens (including phenoxy) is 1. The Bertz CT molecular complexity index is 1070. The van der Waals surface area contributed by atoms with Gasteiger partial charge in [0.1, 0.15) is 17.2 Å². The average molecular weight is 499 g/mol. The lowest BCUT2D eigenvalue weighted by Crippen LogP contribution is -2.37. The Morgan fingerprint density at radius 2 is 1.72 bits per heavy atom. The van der Waals surface area contributed by atoms with Crippen LogP contribution in [0.4, 0.5) is 14.5 Å². The van der Waals surface area contributed by atoms with Gasteiger partial charge < -0.3 is 25.6 Å². The molecule has 3 saturated heterocycles. The molecule has 7 nitrogen and oxygen atoms in total. The van der Waals surface area contributed by atoms with Gasteiger partial charge in [-0.2, -0.15) is 0 Å². The molecule has 2 aromatic rings. The van der Waals surface area contributed by atoms with E-state index in [1.54, 1.807) is 4.90 Å². The summed E-state index contributed by atoms with van der Waals surface area (Å²) in [7, 11) is 0. The Kier molecular flexibility index (Phi) is 7.20. The van der Waals surface area contributed by atoms with Gasteiger partial charge in [0.2, 0.25) is 5.91 Å². The molecule has 4 atom stereocenters. The lowest BCUT2D eigenvalue weighted by Gasteiger charge is -2.25. The highest BCUT2D eigenvalue weighted by molar-refractivity contribution is 5.95. The van der Waals surface area contributed by atoms with E-state index in [4.69, 9.17) is 10.5 Å². The van der Waals surface area contributed by atoms with E-state index in [1.807, 2.05) is 30.3 Å². The van der Waals surface area contributed by atoms with Crippen LogP contribution in [0.15, 0.2) is 42.5 Å². The summed E-state index contributed by atoms with van der Waals surface area (Å²) in [4.78, 5) is 29.5. The van der Waals surface area contributed by atoms with Crippen LogP contribution in [0.3, 0.4) is 0 Å². The third-order valence-corrected chi connectivity index (χ3v) is 7.68.